The number of fused-ring (bicyclic) bond motifs is 1. The van der Waals surface area contributed by atoms with Crippen LogP contribution in [0.15, 0.2) is 42.5 Å². The number of nitrogens with one attached hydrogen (secondary N) is 1. The molecule has 2 aromatic carbocycles. The van der Waals surface area contributed by atoms with Crippen molar-refractivity contribution >= 4 is 23.2 Å². The quantitative estimate of drug-likeness (QED) is 0.666. The van der Waals surface area contributed by atoms with Crippen molar-refractivity contribution in [3.63, 3.8) is 0 Å². The monoisotopic (exact) mass is 292 g/mol. The van der Waals surface area contributed by atoms with Crippen LogP contribution in [0.5, 0.6) is 0 Å². The standard InChI is InChI=1S/C15H14Cl2N2/c16-13-7-3-6-11(14(13)17)15(19-18)12-8-9-4-1-2-5-10(9)12/h1-7,12,15,19H,8,18H2. The van der Waals surface area contributed by atoms with E-state index in [-0.39, 0.29) is 6.04 Å². The fourth-order valence-corrected chi connectivity index (χ4v) is 3.20. The number of hydrogen-bond donors (Lipinski definition) is 2. The zero-order valence-electron chi connectivity index (χ0n) is 10.2. The Bertz CT molecular complexity index is 613. The third-order valence-corrected chi connectivity index (χ3v) is 4.63. The second kappa shape index (κ2) is 5.14. The van der Waals surface area contributed by atoms with Gasteiger partial charge in [0.1, 0.15) is 0 Å². The third-order valence-electron chi connectivity index (χ3n) is 3.79. The smallest absolute Gasteiger partial charge is 0.0640 e. The molecule has 4 heteroatoms. The van der Waals surface area contributed by atoms with E-state index < -0.39 is 0 Å². The van der Waals surface area contributed by atoms with Crippen molar-refractivity contribution in [2.45, 2.75) is 18.4 Å². The van der Waals surface area contributed by atoms with Gasteiger partial charge in [0.2, 0.25) is 0 Å². The van der Waals surface area contributed by atoms with Gasteiger partial charge in [-0.3, -0.25) is 11.3 Å². The predicted octanol–water partition coefficient (Wildman–Crippen LogP) is 3.84. The molecule has 0 heterocycles. The van der Waals surface area contributed by atoms with Crippen LogP contribution in [-0.4, -0.2) is 0 Å². The largest absolute Gasteiger partial charge is 0.271 e. The van der Waals surface area contributed by atoms with Gasteiger partial charge in [-0.15, -0.1) is 0 Å². The maximum absolute atomic E-state index is 6.29. The highest BCUT2D eigenvalue weighted by Crippen LogP contribution is 2.45. The number of hydrazine groups is 1. The van der Waals surface area contributed by atoms with Gasteiger partial charge in [0, 0.05) is 5.92 Å². The third kappa shape index (κ3) is 2.15. The molecule has 2 aromatic rings. The summed E-state index contributed by atoms with van der Waals surface area (Å²) < 4.78 is 0. The van der Waals surface area contributed by atoms with E-state index in [0.717, 1.165) is 12.0 Å². The molecule has 2 atom stereocenters. The van der Waals surface area contributed by atoms with Gasteiger partial charge < -0.3 is 0 Å². The summed E-state index contributed by atoms with van der Waals surface area (Å²) in [4.78, 5) is 0. The summed E-state index contributed by atoms with van der Waals surface area (Å²) in [5.41, 5.74) is 6.56. The van der Waals surface area contributed by atoms with Crippen molar-refractivity contribution in [3.8, 4) is 0 Å². The summed E-state index contributed by atoms with van der Waals surface area (Å²) >= 11 is 12.4. The van der Waals surface area contributed by atoms with E-state index in [9.17, 15) is 0 Å². The Labute approximate surface area is 122 Å². The summed E-state index contributed by atoms with van der Waals surface area (Å²) in [7, 11) is 0. The van der Waals surface area contributed by atoms with Crippen LogP contribution in [0.2, 0.25) is 10.0 Å². The minimum Gasteiger partial charge on any atom is -0.271 e. The van der Waals surface area contributed by atoms with Crippen LogP contribution in [0, 0.1) is 0 Å². The Balaban J connectivity index is 1.97. The van der Waals surface area contributed by atoms with Crippen molar-refractivity contribution in [1.29, 1.82) is 0 Å². The van der Waals surface area contributed by atoms with E-state index >= 15 is 0 Å². The van der Waals surface area contributed by atoms with E-state index in [1.165, 1.54) is 11.1 Å². The van der Waals surface area contributed by atoms with E-state index in [2.05, 4.69) is 29.7 Å². The number of halogens is 2. The maximum atomic E-state index is 6.29. The molecule has 2 unspecified atom stereocenters. The van der Waals surface area contributed by atoms with Crippen molar-refractivity contribution in [2.24, 2.45) is 5.84 Å². The van der Waals surface area contributed by atoms with Crippen molar-refractivity contribution in [2.75, 3.05) is 0 Å². The lowest BCUT2D eigenvalue weighted by Crippen LogP contribution is -2.37. The van der Waals surface area contributed by atoms with Crippen LogP contribution in [0.3, 0.4) is 0 Å². The van der Waals surface area contributed by atoms with Crippen molar-refractivity contribution in [1.82, 2.24) is 5.43 Å². The lowest BCUT2D eigenvalue weighted by atomic mass is 9.72. The van der Waals surface area contributed by atoms with Gasteiger partial charge in [-0.1, -0.05) is 59.6 Å². The summed E-state index contributed by atoms with van der Waals surface area (Å²) in [5, 5.41) is 1.14. The Morgan fingerprint density at radius 1 is 1.11 bits per heavy atom. The maximum Gasteiger partial charge on any atom is 0.0640 e. The van der Waals surface area contributed by atoms with Gasteiger partial charge in [-0.25, -0.2) is 0 Å². The van der Waals surface area contributed by atoms with E-state index in [0.29, 0.717) is 16.0 Å². The molecule has 0 fully saturated rings. The highest BCUT2D eigenvalue weighted by molar-refractivity contribution is 6.42. The minimum atomic E-state index is -0.0129. The van der Waals surface area contributed by atoms with E-state index in [1.54, 1.807) is 6.07 Å². The SMILES string of the molecule is NNC(c1cccc(Cl)c1Cl)C1Cc2ccccc21. The van der Waals surface area contributed by atoms with Gasteiger partial charge in [0.05, 0.1) is 16.1 Å². The predicted molar refractivity (Wildman–Crippen MR) is 79.4 cm³/mol. The zero-order chi connectivity index (χ0) is 13.4. The van der Waals surface area contributed by atoms with Gasteiger partial charge >= 0.3 is 0 Å². The first-order valence-corrected chi connectivity index (χ1v) is 6.96. The van der Waals surface area contributed by atoms with Gasteiger partial charge in [0.15, 0.2) is 0 Å². The molecule has 0 aliphatic heterocycles. The van der Waals surface area contributed by atoms with Crippen LogP contribution in [0.4, 0.5) is 0 Å². The number of rotatable bonds is 3. The first kappa shape index (κ1) is 12.9. The van der Waals surface area contributed by atoms with Crippen LogP contribution >= 0.6 is 23.2 Å². The average molecular weight is 293 g/mol. The molecule has 19 heavy (non-hydrogen) atoms. The summed E-state index contributed by atoms with van der Waals surface area (Å²) in [6, 6.07) is 14.1. The van der Waals surface area contributed by atoms with Crippen molar-refractivity contribution < 1.29 is 0 Å². The topological polar surface area (TPSA) is 38.0 Å². The van der Waals surface area contributed by atoms with Gasteiger partial charge in [0.25, 0.3) is 0 Å². The van der Waals surface area contributed by atoms with E-state index in [4.69, 9.17) is 29.0 Å². The molecule has 98 valence electrons. The highest BCUT2D eigenvalue weighted by atomic mass is 35.5. The molecule has 1 aliphatic rings. The number of nitrogens with two attached hydrogens (primary N) is 1. The number of hydrogen-bond acceptors (Lipinski definition) is 2. The minimum absolute atomic E-state index is 0.0129. The summed E-state index contributed by atoms with van der Waals surface area (Å²) in [5.74, 6) is 6.08. The molecule has 0 amide bonds. The molecule has 0 bridgehead atoms. The second-order valence-corrected chi connectivity index (χ2v) is 5.58. The van der Waals surface area contributed by atoms with Gasteiger partial charge in [-0.2, -0.15) is 0 Å². The number of benzene rings is 2. The fourth-order valence-electron chi connectivity index (χ4n) is 2.78. The second-order valence-electron chi connectivity index (χ2n) is 4.80. The van der Waals surface area contributed by atoms with Crippen molar-refractivity contribution in [3.05, 3.63) is 69.2 Å². The summed E-state index contributed by atoms with van der Waals surface area (Å²) in [6.07, 6.45) is 1.01. The molecule has 0 saturated carbocycles. The Morgan fingerprint density at radius 3 is 2.63 bits per heavy atom. The first-order chi connectivity index (χ1) is 9.22. The molecule has 3 rings (SSSR count). The molecule has 0 saturated heterocycles. The molecule has 3 N–H and O–H groups in total. The van der Waals surface area contributed by atoms with Crippen LogP contribution in [-0.2, 0) is 6.42 Å². The molecule has 0 radical (unpaired) electrons. The van der Waals surface area contributed by atoms with Gasteiger partial charge in [-0.05, 0) is 29.2 Å². The molecule has 2 nitrogen and oxygen atoms in total. The van der Waals surface area contributed by atoms with Crippen LogP contribution in [0.1, 0.15) is 28.7 Å². The molecule has 0 spiro atoms. The van der Waals surface area contributed by atoms with Crippen LogP contribution < -0.4 is 11.3 Å². The van der Waals surface area contributed by atoms with E-state index in [1.807, 2.05) is 12.1 Å². The molecule has 0 aromatic heterocycles. The fraction of sp³-hybridized carbons (Fsp3) is 0.200. The molecule has 1 aliphatic carbocycles. The lowest BCUT2D eigenvalue weighted by Gasteiger charge is -2.36. The Hall–Kier alpha value is -1.06. The first-order valence-electron chi connectivity index (χ1n) is 6.20. The molecular weight excluding hydrogens is 279 g/mol. The molecular formula is C15H14Cl2N2. The zero-order valence-corrected chi connectivity index (χ0v) is 11.7. The highest BCUT2D eigenvalue weighted by Gasteiger charge is 2.34. The normalized spacial score (nSPS) is 18.6. The Kier molecular flexibility index (Phi) is 3.50. The summed E-state index contributed by atoms with van der Waals surface area (Å²) in [6.45, 7) is 0. The lowest BCUT2D eigenvalue weighted by molar-refractivity contribution is 0.419. The average Bonchev–Trinajstić information content (AvgIpc) is 2.40. The van der Waals surface area contributed by atoms with Crippen LogP contribution in [0.25, 0.3) is 0 Å². The Morgan fingerprint density at radius 2 is 1.89 bits per heavy atom.